The number of benzene rings is 1. The van der Waals surface area contributed by atoms with Crippen LogP contribution in [0.5, 0.6) is 0 Å². The summed E-state index contributed by atoms with van der Waals surface area (Å²) in [4.78, 5) is 2.08. The zero-order valence-electron chi connectivity index (χ0n) is 11.8. The van der Waals surface area contributed by atoms with Crippen molar-refractivity contribution in [1.82, 2.24) is 0 Å². The standard InChI is InChI=1S/C8H11N.3C2H6/c1-9(2)8-6-4-3-5-7-8;3*1-2/h3-7H,1-2H3;3*1-2H3. The first kappa shape index (κ1) is 19.6. The second-order valence-corrected chi connectivity index (χ2v) is 2.23. The Bertz CT molecular complexity index is 168. The third-order valence-corrected chi connectivity index (χ3v) is 1.27. The maximum atomic E-state index is 2.08. The highest BCUT2D eigenvalue weighted by atomic mass is 15.1. The van der Waals surface area contributed by atoms with Crippen LogP contribution in [-0.4, -0.2) is 14.1 Å². The molecule has 0 bridgehead atoms. The first-order valence-corrected chi connectivity index (χ1v) is 6.03. The third kappa shape index (κ3) is 13.0. The fraction of sp³-hybridized carbons (Fsp3) is 0.571. The molecule has 0 spiro atoms. The molecule has 1 aromatic rings. The Morgan fingerprint density at radius 3 is 1.20 bits per heavy atom. The smallest absolute Gasteiger partial charge is 0.0360 e. The molecule has 0 aliphatic carbocycles. The second-order valence-electron chi connectivity index (χ2n) is 2.23. The lowest BCUT2D eigenvalue weighted by atomic mass is 10.3. The average molecular weight is 211 g/mol. The van der Waals surface area contributed by atoms with Gasteiger partial charge in [-0.1, -0.05) is 59.7 Å². The Kier molecular flexibility index (Phi) is 24.4. The molecule has 1 nitrogen and oxygen atoms in total. The van der Waals surface area contributed by atoms with E-state index in [1.807, 2.05) is 73.8 Å². The van der Waals surface area contributed by atoms with E-state index in [0.717, 1.165) is 0 Å². The summed E-state index contributed by atoms with van der Waals surface area (Å²) >= 11 is 0. The Balaban J connectivity index is -0.000000208. The SMILES string of the molecule is CC.CC.CC.CN(C)c1ccccc1. The molecule has 0 saturated carbocycles. The topological polar surface area (TPSA) is 3.24 Å². The monoisotopic (exact) mass is 211 g/mol. The summed E-state index contributed by atoms with van der Waals surface area (Å²) in [5, 5.41) is 0. The summed E-state index contributed by atoms with van der Waals surface area (Å²) in [5.74, 6) is 0. The van der Waals surface area contributed by atoms with Crippen molar-refractivity contribution in [3.05, 3.63) is 30.3 Å². The van der Waals surface area contributed by atoms with E-state index in [9.17, 15) is 0 Å². The molecule has 1 rings (SSSR count). The summed E-state index contributed by atoms with van der Waals surface area (Å²) in [6.07, 6.45) is 0. The van der Waals surface area contributed by atoms with Crippen molar-refractivity contribution in [1.29, 1.82) is 0 Å². The lowest BCUT2D eigenvalue weighted by molar-refractivity contribution is 1.13. The van der Waals surface area contributed by atoms with E-state index in [0.29, 0.717) is 0 Å². The van der Waals surface area contributed by atoms with Gasteiger partial charge in [0.2, 0.25) is 0 Å². The van der Waals surface area contributed by atoms with Gasteiger partial charge in [-0.3, -0.25) is 0 Å². The molecule has 90 valence electrons. The lowest BCUT2D eigenvalue weighted by Gasteiger charge is -2.10. The zero-order valence-corrected chi connectivity index (χ0v) is 11.8. The molecule has 0 aliphatic heterocycles. The summed E-state index contributed by atoms with van der Waals surface area (Å²) in [6, 6.07) is 10.3. The van der Waals surface area contributed by atoms with Crippen molar-refractivity contribution in [2.75, 3.05) is 19.0 Å². The van der Waals surface area contributed by atoms with Crippen LogP contribution in [0.1, 0.15) is 41.5 Å². The van der Waals surface area contributed by atoms with Crippen molar-refractivity contribution in [3.8, 4) is 0 Å². The minimum atomic E-state index is 1.25. The molecular weight excluding hydrogens is 182 g/mol. The maximum absolute atomic E-state index is 2.08. The van der Waals surface area contributed by atoms with E-state index in [2.05, 4.69) is 17.0 Å². The summed E-state index contributed by atoms with van der Waals surface area (Å²) in [7, 11) is 4.07. The normalized spacial score (nSPS) is 6.67. The number of rotatable bonds is 1. The molecule has 0 aromatic heterocycles. The van der Waals surface area contributed by atoms with Gasteiger partial charge in [-0.05, 0) is 12.1 Å². The molecule has 0 fully saturated rings. The van der Waals surface area contributed by atoms with Crippen molar-refractivity contribution in [2.45, 2.75) is 41.5 Å². The predicted octanol–water partition coefficient (Wildman–Crippen LogP) is 4.83. The van der Waals surface area contributed by atoms with E-state index in [4.69, 9.17) is 0 Å². The van der Waals surface area contributed by atoms with E-state index in [1.54, 1.807) is 0 Å². The summed E-state index contributed by atoms with van der Waals surface area (Å²) < 4.78 is 0. The van der Waals surface area contributed by atoms with E-state index < -0.39 is 0 Å². The Hall–Kier alpha value is -0.980. The molecule has 0 saturated heterocycles. The minimum Gasteiger partial charge on any atom is -0.378 e. The second kappa shape index (κ2) is 18.7. The minimum absolute atomic E-state index is 1.25. The van der Waals surface area contributed by atoms with Gasteiger partial charge in [-0.25, -0.2) is 0 Å². The molecule has 15 heavy (non-hydrogen) atoms. The van der Waals surface area contributed by atoms with Crippen molar-refractivity contribution < 1.29 is 0 Å². The van der Waals surface area contributed by atoms with Gasteiger partial charge in [0.15, 0.2) is 0 Å². The van der Waals surface area contributed by atoms with Crippen LogP contribution >= 0.6 is 0 Å². The largest absolute Gasteiger partial charge is 0.378 e. The molecule has 0 amide bonds. The number of hydrogen-bond donors (Lipinski definition) is 0. The predicted molar refractivity (Wildman–Crippen MR) is 74.8 cm³/mol. The highest BCUT2D eigenvalue weighted by Crippen LogP contribution is 2.07. The van der Waals surface area contributed by atoms with Crippen LogP contribution in [0.4, 0.5) is 5.69 Å². The van der Waals surface area contributed by atoms with E-state index in [1.165, 1.54) is 5.69 Å². The van der Waals surface area contributed by atoms with Gasteiger partial charge in [0, 0.05) is 19.8 Å². The lowest BCUT2D eigenvalue weighted by Crippen LogP contribution is -2.07. The van der Waals surface area contributed by atoms with Crippen LogP contribution in [0.15, 0.2) is 30.3 Å². The molecular formula is C14H29N. The Morgan fingerprint density at radius 2 is 1.00 bits per heavy atom. The number of hydrogen-bond acceptors (Lipinski definition) is 1. The molecule has 0 atom stereocenters. The van der Waals surface area contributed by atoms with Gasteiger partial charge >= 0.3 is 0 Å². The fourth-order valence-corrected chi connectivity index (χ4v) is 0.726. The van der Waals surface area contributed by atoms with Gasteiger partial charge in [-0.2, -0.15) is 0 Å². The third-order valence-electron chi connectivity index (χ3n) is 1.27. The number of nitrogens with zero attached hydrogens (tertiary/aromatic N) is 1. The van der Waals surface area contributed by atoms with Crippen LogP contribution in [-0.2, 0) is 0 Å². The summed E-state index contributed by atoms with van der Waals surface area (Å²) in [6.45, 7) is 12.0. The fourth-order valence-electron chi connectivity index (χ4n) is 0.726. The molecule has 1 heteroatoms. The Labute approximate surface area is 97.1 Å². The van der Waals surface area contributed by atoms with Crippen LogP contribution in [0.25, 0.3) is 0 Å². The van der Waals surface area contributed by atoms with Gasteiger partial charge < -0.3 is 4.90 Å². The van der Waals surface area contributed by atoms with E-state index in [-0.39, 0.29) is 0 Å². The van der Waals surface area contributed by atoms with Gasteiger partial charge in [-0.15, -0.1) is 0 Å². The average Bonchev–Trinajstić information content (AvgIpc) is 2.38. The Morgan fingerprint density at radius 1 is 0.667 bits per heavy atom. The first-order valence-electron chi connectivity index (χ1n) is 6.03. The molecule has 1 aromatic carbocycles. The van der Waals surface area contributed by atoms with Crippen LogP contribution in [0, 0.1) is 0 Å². The molecule has 0 radical (unpaired) electrons. The zero-order chi connectivity index (χ0) is 12.7. The van der Waals surface area contributed by atoms with Crippen molar-refractivity contribution >= 4 is 5.69 Å². The highest BCUT2D eigenvalue weighted by Gasteiger charge is 1.87. The number of anilines is 1. The van der Waals surface area contributed by atoms with Gasteiger partial charge in [0.25, 0.3) is 0 Å². The van der Waals surface area contributed by atoms with Crippen molar-refractivity contribution in [3.63, 3.8) is 0 Å². The molecule has 0 aliphatic rings. The van der Waals surface area contributed by atoms with Crippen molar-refractivity contribution in [2.24, 2.45) is 0 Å². The maximum Gasteiger partial charge on any atom is 0.0360 e. The highest BCUT2D eigenvalue weighted by molar-refractivity contribution is 5.43. The first-order chi connectivity index (χ1) is 7.30. The van der Waals surface area contributed by atoms with E-state index >= 15 is 0 Å². The summed E-state index contributed by atoms with van der Waals surface area (Å²) in [5.41, 5.74) is 1.25. The van der Waals surface area contributed by atoms with Crippen LogP contribution < -0.4 is 4.90 Å². The number of para-hydroxylation sites is 1. The molecule has 0 N–H and O–H groups in total. The quantitative estimate of drug-likeness (QED) is 0.643. The van der Waals surface area contributed by atoms with Gasteiger partial charge in [0.1, 0.15) is 0 Å². The van der Waals surface area contributed by atoms with Crippen LogP contribution in [0.3, 0.4) is 0 Å². The van der Waals surface area contributed by atoms with Crippen LogP contribution in [0.2, 0.25) is 0 Å². The molecule has 0 heterocycles. The molecule has 0 unspecified atom stereocenters. The van der Waals surface area contributed by atoms with Gasteiger partial charge in [0.05, 0.1) is 0 Å².